The molecule has 7 nitrogen and oxygen atoms in total. The van der Waals surface area contributed by atoms with Gasteiger partial charge in [0.1, 0.15) is 0 Å². The van der Waals surface area contributed by atoms with Gasteiger partial charge in [-0.3, -0.25) is 19.9 Å². The minimum Gasteiger partial charge on any atom is -0.459 e. The van der Waals surface area contributed by atoms with Crippen LogP contribution in [0.3, 0.4) is 0 Å². The van der Waals surface area contributed by atoms with E-state index in [-0.39, 0.29) is 17.7 Å². The minimum absolute atomic E-state index is 0.0121. The van der Waals surface area contributed by atoms with Crippen LogP contribution in [0.4, 0.5) is 0 Å². The van der Waals surface area contributed by atoms with Crippen molar-refractivity contribution in [2.45, 2.75) is 31.8 Å². The van der Waals surface area contributed by atoms with E-state index in [1.54, 1.807) is 13.1 Å². The van der Waals surface area contributed by atoms with Crippen LogP contribution < -0.4 is 16.6 Å². The number of nitrogens with two attached hydrogens (primary N) is 1. The number of likely N-dealkylation sites (tertiary alicyclic amines) is 1. The molecule has 110 valence electrons. The number of hydrogen-bond acceptors (Lipinski definition) is 5. The predicted octanol–water partition coefficient (Wildman–Crippen LogP) is -0.0164. The summed E-state index contributed by atoms with van der Waals surface area (Å²) >= 11 is 0. The molecular formula is C13H20N4O3. The van der Waals surface area contributed by atoms with Gasteiger partial charge in [0.15, 0.2) is 5.76 Å². The Balaban J connectivity index is 2.13. The number of nitrogens with zero attached hydrogens (tertiary/aromatic N) is 1. The van der Waals surface area contributed by atoms with E-state index in [1.165, 1.54) is 6.26 Å². The Morgan fingerprint density at radius 1 is 1.50 bits per heavy atom. The van der Waals surface area contributed by atoms with E-state index in [1.807, 2.05) is 0 Å². The van der Waals surface area contributed by atoms with Crippen molar-refractivity contribution in [3.8, 4) is 0 Å². The molecule has 1 aromatic rings. The van der Waals surface area contributed by atoms with Gasteiger partial charge in [-0.1, -0.05) is 6.42 Å². The van der Waals surface area contributed by atoms with E-state index in [2.05, 4.69) is 15.6 Å². The van der Waals surface area contributed by atoms with Gasteiger partial charge >= 0.3 is 5.91 Å². The Labute approximate surface area is 117 Å². The molecule has 2 rings (SSSR count). The van der Waals surface area contributed by atoms with E-state index < -0.39 is 5.91 Å². The maximum Gasteiger partial charge on any atom is 0.301 e. The largest absolute Gasteiger partial charge is 0.459 e. The van der Waals surface area contributed by atoms with Crippen molar-refractivity contribution in [2.24, 2.45) is 5.84 Å². The first-order chi connectivity index (χ1) is 9.67. The Bertz CT molecular complexity index is 486. The van der Waals surface area contributed by atoms with Gasteiger partial charge in [-0.15, -0.1) is 0 Å². The Hall–Kier alpha value is -1.86. The summed E-state index contributed by atoms with van der Waals surface area (Å²) in [5, 5.41) is 2.69. The number of hydrazine groups is 1. The predicted molar refractivity (Wildman–Crippen MR) is 72.5 cm³/mol. The number of rotatable bonds is 4. The maximum atomic E-state index is 11.9. The average molecular weight is 280 g/mol. The quantitative estimate of drug-likeness (QED) is 0.409. The topological polar surface area (TPSA) is 101 Å². The minimum atomic E-state index is -0.460. The molecule has 1 saturated heterocycles. The number of piperidine rings is 1. The van der Waals surface area contributed by atoms with Crippen LogP contribution in [-0.4, -0.2) is 36.3 Å². The van der Waals surface area contributed by atoms with Crippen molar-refractivity contribution in [2.75, 3.05) is 13.6 Å². The van der Waals surface area contributed by atoms with E-state index >= 15 is 0 Å². The molecule has 2 amide bonds. The van der Waals surface area contributed by atoms with E-state index in [0.717, 1.165) is 31.4 Å². The van der Waals surface area contributed by atoms with Crippen molar-refractivity contribution >= 4 is 11.8 Å². The van der Waals surface area contributed by atoms with Gasteiger partial charge in [0.2, 0.25) is 5.91 Å². The molecule has 1 unspecified atom stereocenters. The molecule has 1 aromatic heterocycles. The lowest BCUT2D eigenvalue weighted by molar-refractivity contribution is -0.127. The smallest absolute Gasteiger partial charge is 0.301 e. The van der Waals surface area contributed by atoms with Gasteiger partial charge in [0.05, 0.1) is 12.3 Å². The Kier molecular flexibility index (Phi) is 4.75. The van der Waals surface area contributed by atoms with Gasteiger partial charge < -0.3 is 9.73 Å². The highest BCUT2D eigenvalue weighted by atomic mass is 16.3. The normalized spacial score (nSPS) is 19.6. The molecule has 2 heterocycles. The number of hydrogen-bond donors (Lipinski definition) is 3. The summed E-state index contributed by atoms with van der Waals surface area (Å²) in [6, 6.07) is 1.58. The van der Waals surface area contributed by atoms with Crippen LogP contribution in [0.2, 0.25) is 0 Å². The van der Waals surface area contributed by atoms with Gasteiger partial charge in [0, 0.05) is 19.2 Å². The summed E-state index contributed by atoms with van der Waals surface area (Å²) in [6.07, 6.45) is 4.37. The number of amides is 2. The lowest BCUT2D eigenvalue weighted by Gasteiger charge is -2.34. The molecule has 0 bridgehead atoms. The summed E-state index contributed by atoms with van der Waals surface area (Å²) in [4.78, 5) is 25.6. The monoisotopic (exact) mass is 280 g/mol. The summed E-state index contributed by atoms with van der Waals surface area (Å²) in [5.41, 5.74) is 2.80. The fourth-order valence-corrected chi connectivity index (χ4v) is 2.59. The molecule has 0 radical (unpaired) electrons. The molecule has 0 spiro atoms. The second-order valence-corrected chi connectivity index (χ2v) is 4.84. The lowest BCUT2D eigenvalue weighted by Crippen LogP contribution is -2.48. The van der Waals surface area contributed by atoms with Crippen LogP contribution >= 0.6 is 0 Å². The van der Waals surface area contributed by atoms with Crippen LogP contribution in [0.15, 0.2) is 16.7 Å². The number of carbonyl (C=O) groups is 2. The second-order valence-electron chi connectivity index (χ2n) is 4.84. The van der Waals surface area contributed by atoms with E-state index in [9.17, 15) is 9.59 Å². The first-order valence-electron chi connectivity index (χ1n) is 6.70. The van der Waals surface area contributed by atoms with Crippen LogP contribution in [-0.2, 0) is 11.3 Å². The fraction of sp³-hybridized carbons (Fsp3) is 0.538. The average Bonchev–Trinajstić information content (AvgIpc) is 2.94. The highest BCUT2D eigenvalue weighted by Crippen LogP contribution is 2.21. The molecule has 0 aliphatic carbocycles. The summed E-state index contributed by atoms with van der Waals surface area (Å²) in [5.74, 6) is 4.88. The SMILES string of the molecule is CNC(=O)C1CCCCN1Cc1ccoc1C(=O)NN. The number of carbonyl (C=O) groups excluding carboxylic acids is 2. The highest BCUT2D eigenvalue weighted by molar-refractivity contribution is 5.92. The van der Waals surface area contributed by atoms with Crippen molar-refractivity contribution in [3.63, 3.8) is 0 Å². The van der Waals surface area contributed by atoms with Gasteiger partial charge in [-0.05, 0) is 25.5 Å². The molecule has 1 atom stereocenters. The zero-order valence-electron chi connectivity index (χ0n) is 11.5. The van der Waals surface area contributed by atoms with Gasteiger partial charge in [-0.25, -0.2) is 5.84 Å². The highest BCUT2D eigenvalue weighted by Gasteiger charge is 2.29. The van der Waals surface area contributed by atoms with Crippen molar-refractivity contribution in [1.82, 2.24) is 15.6 Å². The molecular weight excluding hydrogens is 260 g/mol. The van der Waals surface area contributed by atoms with Crippen molar-refractivity contribution in [3.05, 3.63) is 23.7 Å². The summed E-state index contributed by atoms with van der Waals surface area (Å²) < 4.78 is 5.16. The lowest BCUT2D eigenvalue weighted by atomic mass is 10.0. The standard InChI is InChI=1S/C13H20N4O3/c1-15-12(18)10-4-2-3-6-17(10)8-9-5-7-20-11(9)13(19)16-14/h5,7,10H,2-4,6,8,14H2,1H3,(H,15,18)(H,16,19). The van der Waals surface area contributed by atoms with Crippen LogP contribution in [0.5, 0.6) is 0 Å². The van der Waals surface area contributed by atoms with Crippen LogP contribution in [0.25, 0.3) is 0 Å². The molecule has 7 heteroatoms. The van der Waals surface area contributed by atoms with Crippen molar-refractivity contribution in [1.29, 1.82) is 0 Å². The number of nitrogen functional groups attached to an aromatic ring is 1. The third-order valence-electron chi connectivity index (χ3n) is 3.62. The third kappa shape index (κ3) is 3.00. The molecule has 0 saturated carbocycles. The Morgan fingerprint density at radius 3 is 3.00 bits per heavy atom. The molecule has 0 aromatic carbocycles. The van der Waals surface area contributed by atoms with Crippen molar-refractivity contribution < 1.29 is 14.0 Å². The number of likely N-dealkylation sites (N-methyl/N-ethyl adjacent to an activating group) is 1. The van der Waals surface area contributed by atoms with E-state index in [4.69, 9.17) is 10.3 Å². The number of nitrogens with one attached hydrogen (secondary N) is 2. The summed E-state index contributed by atoms with van der Waals surface area (Å²) in [6.45, 7) is 1.32. The van der Waals surface area contributed by atoms with E-state index in [0.29, 0.717) is 6.54 Å². The maximum absolute atomic E-state index is 11.9. The van der Waals surface area contributed by atoms with Crippen LogP contribution in [0.1, 0.15) is 35.4 Å². The molecule has 1 aliphatic rings. The third-order valence-corrected chi connectivity index (χ3v) is 3.62. The molecule has 20 heavy (non-hydrogen) atoms. The first-order valence-corrected chi connectivity index (χ1v) is 6.70. The van der Waals surface area contributed by atoms with Gasteiger partial charge in [0.25, 0.3) is 0 Å². The Morgan fingerprint density at radius 2 is 2.30 bits per heavy atom. The molecule has 4 N–H and O–H groups in total. The first kappa shape index (κ1) is 14.5. The van der Waals surface area contributed by atoms with Gasteiger partial charge in [-0.2, -0.15) is 0 Å². The molecule has 1 fully saturated rings. The second kappa shape index (κ2) is 6.53. The zero-order valence-corrected chi connectivity index (χ0v) is 11.5. The fourth-order valence-electron chi connectivity index (χ4n) is 2.59. The molecule has 1 aliphatic heterocycles. The zero-order chi connectivity index (χ0) is 14.5. The summed E-state index contributed by atoms with van der Waals surface area (Å²) in [7, 11) is 1.64. The van der Waals surface area contributed by atoms with Crippen LogP contribution in [0, 0.1) is 0 Å². The number of furan rings is 1.